The molecule has 0 aromatic heterocycles. The number of anilines is 1. The summed E-state index contributed by atoms with van der Waals surface area (Å²) in [5.74, 6) is -2.40. The van der Waals surface area contributed by atoms with Gasteiger partial charge in [0.15, 0.2) is 0 Å². The fraction of sp³-hybridized carbons (Fsp3) is 0.235. The lowest BCUT2D eigenvalue weighted by atomic mass is 10.2. The highest BCUT2D eigenvalue weighted by Gasteiger charge is 2.35. The van der Waals surface area contributed by atoms with Gasteiger partial charge in [0.2, 0.25) is 15.9 Å². The highest BCUT2D eigenvalue weighted by Crippen LogP contribution is 2.23. The minimum absolute atomic E-state index is 0.268. The second kappa shape index (κ2) is 6.53. The summed E-state index contributed by atoms with van der Waals surface area (Å²) in [5, 5.41) is 0. The molecule has 1 saturated heterocycles. The molecule has 8 heteroatoms. The van der Waals surface area contributed by atoms with E-state index in [-0.39, 0.29) is 6.42 Å². The van der Waals surface area contributed by atoms with Gasteiger partial charge in [-0.1, -0.05) is 17.7 Å². The summed E-state index contributed by atoms with van der Waals surface area (Å²) in [7, 11) is -4.21. The second-order valence-corrected chi connectivity index (χ2v) is 7.61. The van der Waals surface area contributed by atoms with Crippen molar-refractivity contribution in [3.63, 3.8) is 0 Å². The molecule has 1 aliphatic rings. The molecule has 132 valence electrons. The van der Waals surface area contributed by atoms with Gasteiger partial charge < -0.3 is 4.90 Å². The summed E-state index contributed by atoms with van der Waals surface area (Å²) in [6, 6.07) is 8.31. The molecule has 1 amide bonds. The molecule has 2 aromatic carbocycles. The number of nitrogens with zero attached hydrogens (tertiary/aromatic N) is 1. The Bertz CT molecular complexity index is 894. The molecular weight excluding hydrogens is 350 g/mol. The van der Waals surface area contributed by atoms with Crippen molar-refractivity contribution in [2.24, 2.45) is 0 Å². The molecule has 0 radical (unpaired) electrons. The third-order valence-electron chi connectivity index (χ3n) is 3.99. The monoisotopic (exact) mass is 366 g/mol. The number of benzene rings is 2. The van der Waals surface area contributed by atoms with Crippen LogP contribution in [0.3, 0.4) is 0 Å². The van der Waals surface area contributed by atoms with Crippen molar-refractivity contribution in [2.75, 3.05) is 11.4 Å². The van der Waals surface area contributed by atoms with E-state index >= 15 is 0 Å². The zero-order valence-corrected chi connectivity index (χ0v) is 14.2. The first-order valence-electron chi connectivity index (χ1n) is 7.63. The van der Waals surface area contributed by atoms with Crippen molar-refractivity contribution in [3.8, 4) is 0 Å². The van der Waals surface area contributed by atoms with E-state index in [4.69, 9.17) is 0 Å². The molecule has 0 spiro atoms. The summed E-state index contributed by atoms with van der Waals surface area (Å²) < 4.78 is 53.4. The molecule has 3 rings (SSSR count). The maximum absolute atomic E-state index is 13.3. The Balaban J connectivity index is 1.79. The third kappa shape index (κ3) is 3.69. The highest BCUT2D eigenvalue weighted by molar-refractivity contribution is 7.89. The van der Waals surface area contributed by atoms with Gasteiger partial charge in [-0.05, 0) is 37.6 Å². The summed E-state index contributed by atoms with van der Waals surface area (Å²) in [4.78, 5) is 13.4. The van der Waals surface area contributed by atoms with Gasteiger partial charge in [-0.2, -0.15) is 4.72 Å². The van der Waals surface area contributed by atoms with Crippen LogP contribution in [0.2, 0.25) is 0 Å². The fourth-order valence-electron chi connectivity index (χ4n) is 2.71. The maximum Gasteiger partial charge on any atom is 0.245 e. The number of carbonyl (C=O) groups is 1. The molecule has 5 nitrogen and oxygen atoms in total. The zero-order chi connectivity index (χ0) is 18.2. The van der Waals surface area contributed by atoms with Crippen LogP contribution in [0.15, 0.2) is 47.4 Å². The predicted octanol–water partition coefficient (Wildman–Crippen LogP) is 2.36. The van der Waals surface area contributed by atoms with Gasteiger partial charge in [-0.25, -0.2) is 17.2 Å². The zero-order valence-electron chi connectivity index (χ0n) is 13.4. The van der Waals surface area contributed by atoms with E-state index in [9.17, 15) is 22.0 Å². The summed E-state index contributed by atoms with van der Waals surface area (Å²) in [6.07, 6.45) is 0.268. The van der Waals surface area contributed by atoms with Crippen LogP contribution >= 0.6 is 0 Å². The normalized spacial score (nSPS) is 18.0. The first kappa shape index (κ1) is 17.5. The Morgan fingerprint density at radius 2 is 1.68 bits per heavy atom. The van der Waals surface area contributed by atoms with E-state index in [1.54, 1.807) is 12.1 Å². The number of amides is 1. The van der Waals surface area contributed by atoms with Crippen LogP contribution in [0, 0.1) is 18.6 Å². The molecular formula is C17H16F2N2O3S. The van der Waals surface area contributed by atoms with E-state index in [2.05, 4.69) is 4.72 Å². The summed E-state index contributed by atoms with van der Waals surface area (Å²) in [6.45, 7) is 2.28. The molecule has 1 unspecified atom stereocenters. The van der Waals surface area contributed by atoms with Gasteiger partial charge in [0.25, 0.3) is 0 Å². The van der Waals surface area contributed by atoms with Gasteiger partial charge in [-0.15, -0.1) is 0 Å². The van der Waals surface area contributed by atoms with Crippen LogP contribution in [0.4, 0.5) is 14.5 Å². The van der Waals surface area contributed by atoms with Gasteiger partial charge in [0.05, 0.1) is 4.90 Å². The molecule has 2 aromatic rings. The number of carbonyl (C=O) groups excluding carboxylic acids is 1. The second-order valence-electron chi connectivity index (χ2n) is 5.89. The minimum atomic E-state index is -4.21. The predicted molar refractivity (Wildman–Crippen MR) is 88.6 cm³/mol. The van der Waals surface area contributed by atoms with Crippen molar-refractivity contribution in [2.45, 2.75) is 24.3 Å². The van der Waals surface area contributed by atoms with E-state index in [0.717, 1.165) is 5.56 Å². The number of rotatable bonds is 4. The molecule has 0 aliphatic carbocycles. The van der Waals surface area contributed by atoms with Crippen LogP contribution in [0.5, 0.6) is 0 Å². The third-order valence-corrected chi connectivity index (χ3v) is 5.45. The minimum Gasteiger partial charge on any atom is -0.311 e. The average molecular weight is 366 g/mol. The number of hydrogen-bond donors (Lipinski definition) is 1. The van der Waals surface area contributed by atoms with E-state index in [0.29, 0.717) is 30.4 Å². The molecule has 0 saturated carbocycles. The van der Waals surface area contributed by atoms with Gasteiger partial charge in [0.1, 0.15) is 17.7 Å². The largest absolute Gasteiger partial charge is 0.311 e. The first-order valence-corrected chi connectivity index (χ1v) is 9.11. The van der Waals surface area contributed by atoms with Gasteiger partial charge in [-0.3, -0.25) is 4.79 Å². The summed E-state index contributed by atoms with van der Waals surface area (Å²) in [5.41, 5.74) is 1.72. The molecule has 1 fully saturated rings. The lowest BCUT2D eigenvalue weighted by Gasteiger charge is -2.17. The van der Waals surface area contributed by atoms with Crippen molar-refractivity contribution < 1.29 is 22.0 Å². The van der Waals surface area contributed by atoms with Crippen molar-refractivity contribution in [3.05, 3.63) is 59.7 Å². The van der Waals surface area contributed by atoms with Crippen molar-refractivity contribution >= 4 is 21.6 Å². The molecule has 0 bridgehead atoms. The van der Waals surface area contributed by atoms with Crippen LogP contribution in [0.25, 0.3) is 0 Å². The number of hydrogen-bond acceptors (Lipinski definition) is 3. The Morgan fingerprint density at radius 1 is 1.08 bits per heavy atom. The Hall–Kier alpha value is -2.32. The fourth-order valence-corrected chi connectivity index (χ4v) is 3.97. The van der Waals surface area contributed by atoms with E-state index in [1.165, 1.54) is 4.90 Å². The van der Waals surface area contributed by atoms with Crippen molar-refractivity contribution in [1.82, 2.24) is 4.72 Å². The number of sulfonamides is 1. The maximum atomic E-state index is 13.3. The SMILES string of the molecule is Cc1ccc(N2CCC(NS(=O)(=O)c3cc(F)cc(F)c3)C2=O)cc1. The molecule has 1 N–H and O–H groups in total. The van der Waals surface area contributed by atoms with Crippen LogP contribution < -0.4 is 9.62 Å². The van der Waals surface area contributed by atoms with Crippen LogP contribution in [-0.2, 0) is 14.8 Å². The quantitative estimate of drug-likeness (QED) is 0.903. The van der Waals surface area contributed by atoms with Crippen LogP contribution in [-0.4, -0.2) is 26.9 Å². The van der Waals surface area contributed by atoms with Crippen molar-refractivity contribution in [1.29, 1.82) is 0 Å². The van der Waals surface area contributed by atoms with Gasteiger partial charge in [0, 0.05) is 18.3 Å². The molecule has 1 aliphatic heterocycles. The number of nitrogens with one attached hydrogen (secondary N) is 1. The highest BCUT2D eigenvalue weighted by atomic mass is 32.2. The average Bonchev–Trinajstić information content (AvgIpc) is 2.88. The summed E-state index contributed by atoms with van der Waals surface area (Å²) >= 11 is 0. The Morgan fingerprint density at radius 3 is 2.28 bits per heavy atom. The number of aryl methyl sites for hydroxylation is 1. The smallest absolute Gasteiger partial charge is 0.245 e. The number of halogens is 2. The Kier molecular flexibility index (Phi) is 4.57. The Labute approximate surface area is 144 Å². The lowest BCUT2D eigenvalue weighted by Crippen LogP contribution is -2.41. The van der Waals surface area contributed by atoms with Gasteiger partial charge >= 0.3 is 0 Å². The van der Waals surface area contributed by atoms with Crippen LogP contribution in [0.1, 0.15) is 12.0 Å². The molecule has 25 heavy (non-hydrogen) atoms. The van der Waals surface area contributed by atoms with E-state index in [1.807, 2.05) is 19.1 Å². The molecule has 1 heterocycles. The standard InChI is InChI=1S/C17H16F2N2O3S/c1-11-2-4-14(5-3-11)21-7-6-16(17(21)22)20-25(23,24)15-9-12(18)8-13(19)10-15/h2-5,8-10,16,20H,6-7H2,1H3. The topological polar surface area (TPSA) is 66.5 Å². The van der Waals surface area contributed by atoms with E-state index < -0.39 is 38.5 Å². The first-order chi connectivity index (χ1) is 11.8. The molecule has 1 atom stereocenters. The lowest BCUT2D eigenvalue weighted by molar-refractivity contribution is -0.118.